The van der Waals surface area contributed by atoms with Gasteiger partial charge < -0.3 is 9.47 Å². The van der Waals surface area contributed by atoms with Crippen molar-refractivity contribution < 1.29 is 19.1 Å². The molecular formula is C12H17BrO4. The predicted octanol–water partition coefficient (Wildman–Crippen LogP) is 2.24. The first-order valence-corrected chi connectivity index (χ1v) is 6.20. The maximum absolute atomic E-state index is 11.8. The van der Waals surface area contributed by atoms with Gasteiger partial charge in [-0.1, -0.05) is 34.2 Å². The summed E-state index contributed by atoms with van der Waals surface area (Å²) in [6.07, 6.45) is 5.47. The van der Waals surface area contributed by atoms with Gasteiger partial charge in [-0.3, -0.25) is 9.59 Å². The van der Waals surface area contributed by atoms with E-state index in [1.165, 1.54) is 20.3 Å². The van der Waals surface area contributed by atoms with E-state index in [0.29, 0.717) is 5.33 Å². The van der Waals surface area contributed by atoms with Crippen LogP contribution in [-0.4, -0.2) is 31.5 Å². The van der Waals surface area contributed by atoms with Crippen LogP contribution >= 0.6 is 15.9 Å². The lowest BCUT2D eigenvalue weighted by atomic mass is 9.81. The highest BCUT2D eigenvalue weighted by molar-refractivity contribution is 9.09. The fourth-order valence-electron chi connectivity index (χ4n) is 1.48. The minimum Gasteiger partial charge on any atom is -0.468 e. The zero-order valence-electron chi connectivity index (χ0n) is 10.1. The van der Waals surface area contributed by atoms with Crippen molar-refractivity contribution >= 4 is 27.9 Å². The molecule has 0 heterocycles. The van der Waals surface area contributed by atoms with E-state index in [1.807, 2.05) is 6.08 Å². The van der Waals surface area contributed by atoms with Gasteiger partial charge in [-0.15, -0.1) is 6.58 Å². The predicted molar refractivity (Wildman–Crippen MR) is 68.8 cm³/mol. The van der Waals surface area contributed by atoms with Crippen molar-refractivity contribution in [3.05, 3.63) is 24.8 Å². The largest absolute Gasteiger partial charge is 0.468 e. The first-order chi connectivity index (χ1) is 8.08. The number of rotatable bonds is 7. The molecule has 0 aliphatic heterocycles. The van der Waals surface area contributed by atoms with Gasteiger partial charge in [-0.25, -0.2) is 0 Å². The molecule has 0 atom stereocenters. The number of hydrogen-bond acceptors (Lipinski definition) is 4. The topological polar surface area (TPSA) is 52.6 Å². The van der Waals surface area contributed by atoms with Crippen LogP contribution in [0, 0.1) is 5.41 Å². The summed E-state index contributed by atoms with van der Waals surface area (Å²) in [4.78, 5) is 23.6. The zero-order valence-corrected chi connectivity index (χ0v) is 11.7. The van der Waals surface area contributed by atoms with Crippen LogP contribution in [0.4, 0.5) is 0 Å². The molecule has 96 valence electrons. The van der Waals surface area contributed by atoms with Crippen LogP contribution < -0.4 is 0 Å². The van der Waals surface area contributed by atoms with Crippen LogP contribution in [0.25, 0.3) is 0 Å². The minimum absolute atomic E-state index is 0.180. The zero-order chi connectivity index (χ0) is 13.3. The lowest BCUT2D eigenvalue weighted by Gasteiger charge is -2.25. The first kappa shape index (κ1) is 15.9. The molecule has 5 heteroatoms. The normalized spacial score (nSPS) is 11.2. The molecule has 0 unspecified atom stereocenters. The average molecular weight is 305 g/mol. The van der Waals surface area contributed by atoms with Gasteiger partial charge >= 0.3 is 11.9 Å². The molecule has 0 spiro atoms. The van der Waals surface area contributed by atoms with Crippen molar-refractivity contribution in [3.63, 3.8) is 0 Å². The van der Waals surface area contributed by atoms with E-state index < -0.39 is 17.4 Å². The first-order valence-electron chi connectivity index (χ1n) is 5.07. The molecule has 0 radical (unpaired) electrons. The third-order valence-electron chi connectivity index (χ3n) is 2.37. The van der Waals surface area contributed by atoms with Crippen LogP contribution in [-0.2, 0) is 19.1 Å². The summed E-state index contributed by atoms with van der Waals surface area (Å²) in [6, 6.07) is 0. The molecule has 0 amide bonds. The van der Waals surface area contributed by atoms with Crippen molar-refractivity contribution in [2.75, 3.05) is 19.5 Å². The Hall–Kier alpha value is -1.10. The maximum atomic E-state index is 11.8. The highest BCUT2D eigenvalue weighted by Gasteiger charge is 2.46. The summed E-state index contributed by atoms with van der Waals surface area (Å²) in [5.74, 6) is -1.22. The van der Waals surface area contributed by atoms with Gasteiger partial charge in [0.15, 0.2) is 5.41 Å². The van der Waals surface area contributed by atoms with E-state index in [2.05, 4.69) is 32.0 Å². The van der Waals surface area contributed by atoms with E-state index in [1.54, 1.807) is 6.08 Å². The molecule has 0 aromatic heterocycles. The molecule has 0 N–H and O–H groups in total. The van der Waals surface area contributed by atoms with E-state index in [4.69, 9.17) is 0 Å². The summed E-state index contributed by atoms with van der Waals surface area (Å²) in [7, 11) is 2.49. The molecule has 4 nitrogen and oxygen atoms in total. The quantitative estimate of drug-likeness (QED) is 0.313. The van der Waals surface area contributed by atoms with Crippen LogP contribution in [0.5, 0.6) is 0 Å². The van der Waals surface area contributed by atoms with Crippen molar-refractivity contribution in [1.82, 2.24) is 0 Å². The Morgan fingerprint density at radius 3 is 2.06 bits per heavy atom. The Kier molecular flexibility index (Phi) is 7.54. The highest BCUT2D eigenvalue weighted by atomic mass is 79.9. The molecule has 0 aromatic rings. The highest BCUT2D eigenvalue weighted by Crippen LogP contribution is 2.31. The molecule has 0 rings (SSSR count). The average Bonchev–Trinajstić information content (AvgIpc) is 2.35. The van der Waals surface area contributed by atoms with Crippen molar-refractivity contribution in [2.45, 2.75) is 12.8 Å². The van der Waals surface area contributed by atoms with Gasteiger partial charge in [0, 0.05) is 5.33 Å². The molecule has 0 saturated heterocycles. The van der Waals surface area contributed by atoms with Crippen LogP contribution in [0.1, 0.15) is 12.8 Å². The number of ether oxygens (including phenoxy) is 2. The molecule has 0 fully saturated rings. The smallest absolute Gasteiger partial charge is 0.323 e. The summed E-state index contributed by atoms with van der Waals surface area (Å²) in [5.41, 5.74) is -1.33. The van der Waals surface area contributed by atoms with E-state index in [0.717, 1.165) is 0 Å². The van der Waals surface area contributed by atoms with Gasteiger partial charge in [0.2, 0.25) is 0 Å². The fourth-order valence-corrected chi connectivity index (χ4v) is 1.75. The molecular weight excluding hydrogens is 288 g/mol. The lowest BCUT2D eigenvalue weighted by Crippen LogP contribution is -2.40. The minimum atomic E-state index is -1.33. The second-order valence-corrected chi connectivity index (χ2v) is 4.04. The van der Waals surface area contributed by atoms with Crippen molar-refractivity contribution in [3.8, 4) is 0 Å². The SMILES string of the molecule is C=CCC(C/C=C/CBr)(C(=O)OC)C(=O)OC. The van der Waals surface area contributed by atoms with Crippen LogP contribution in [0.3, 0.4) is 0 Å². The number of carbonyl (C=O) groups is 2. The number of carbonyl (C=O) groups excluding carboxylic acids is 2. The molecule has 0 aliphatic rings. The Morgan fingerprint density at radius 1 is 1.18 bits per heavy atom. The second kappa shape index (κ2) is 8.06. The second-order valence-electron chi connectivity index (χ2n) is 3.39. The molecule has 0 bridgehead atoms. The number of esters is 2. The van der Waals surface area contributed by atoms with Gasteiger partial charge in [0.25, 0.3) is 0 Å². The monoisotopic (exact) mass is 304 g/mol. The number of methoxy groups -OCH3 is 2. The van der Waals surface area contributed by atoms with E-state index in [9.17, 15) is 9.59 Å². The third-order valence-corrected chi connectivity index (χ3v) is 2.74. The summed E-state index contributed by atoms with van der Waals surface area (Å²) >= 11 is 3.23. The number of hydrogen-bond donors (Lipinski definition) is 0. The van der Waals surface area contributed by atoms with Gasteiger partial charge in [0.05, 0.1) is 14.2 Å². The summed E-state index contributed by atoms with van der Waals surface area (Å²) in [5, 5.41) is 0.652. The third kappa shape index (κ3) is 4.00. The number of alkyl halides is 1. The van der Waals surface area contributed by atoms with E-state index >= 15 is 0 Å². The molecule has 17 heavy (non-hydrogen) atoms. The summed E-state index contributed by atoms with van der Waals surface area (Å²) in [6.45, 7) is 3.56. The fraction of sp³-hybridized carbons (Fsp3) is 0.500. The van der Waals surface area contributed by atoms with Gasteiger partial charge in [-0.05, 0) is 12.8 Å². The lowest BCUT2D eigenvalue weighted by molar-refractivity contribution is -0.168. The number of halogens is 1. The Morgan fingerprint density at radius 2 is 1.71 bits per heavy atom. The Balaban J connectivity index is 5.22. The van der Waals surface area contributed by atoms with Gasteiger partial charge in [-0.2, -0.15) is 0 Å². The summed E-state index contributed by atoms with van der Waals surface area (Å²) < 4.78 is 9.38. The molecule has 0 aliphatic carbocycles. The van der Waals surface area contributed by atoms with Crippen molar-refractivity contribution in [2.24, 2.45) is 5.41 Å². The maximum Gasteiger partial charge on any atom is 0.323 e. The Labute approximate surface area is 110 Å². The van der Waals surface area contributed by atoms with Crippen molar-refractivity contribution in [1.29, 1.82) is 0 Å². The molecule has 0 aromatic carbocycles. The van der Waals surface area contributed by atoms with Crippen LogP contribution in [0.2, 0.25) is 0 Å². The van der Waals surface area contributed by atoms with Gasteiger partial charge in [0.1, 0.15) is 0 Å². The number of allylic oxidation sites excluding steroid dienone is 3. The standard InChI is InChI=1S/C12H17BrO4/c1-4-7-12(10(14)16-2,11(15)17-3)8-5-6-9-13/h4-6H,1,7-9H2,2-3H3/b6-5+. The van der Waals surface area contributed by atoms with Crippen LogP contribution in [0.15, 0.2) is 24.8 Å². The van der Waals surface area contributed by atoms with E-state index in [-0.39, 0.29) is 12.8 Å². The Bertz CT molecular complexity index is 294. The molecule has 0 saturated carbocycles.